The van der Waals surface area contributed by atoms with Gasteiger partial charge in [-0.15, -0.1) is 0 Å². The zero-order valence-corrected chi connectivity index (χ0v) is 29.9. The van der Waals surface area contributed by atoms with Crippen LogP contribution in [0, 0.1) is 0 Å². The molecule has 0 unspecified atom stereocenters. The Hall–Kier alpha value is -7.63. The molecule has 0 saturated heterocycles. The molecule has 0 saturated carbocycles. The molecule has 0 radical (unpaired) electrons. The molecule has 0 spiro atoms. The van der Waals surface area contributed by atoms with E-state index in [1.165, 1.54) is 10.8 Å². The maximum atomic E-state index is 6.66. The predicted molar refractivity (Wildman–Crippen MR) is 229 cm³/mol. The summed E-state index contributed by atoms with van der Waals surface area (Å²) in [7, 11) is 0. The highest BCUT2D eigenvalue weighted by Gasteiger charge is 2.21. The fraction of sp³-hybridized carbons (Fsp3) is 0. The van der Waals surface area contributed by atoms with E-state index >= 15 is 0 Å². The quantitative estimate of drug-likeness (QED) is 0.170. The SMILES string of the molecule is c1ccc(-c2nc(-c3cc4ccccc4c4ccccc34)nc(-c3cccc4oc5cc(-c6cccc7oc8cc9ccccc9cc8c67)ccc5c34)n2)cc1. The Morgan fingerprint density at radius 3 is 1.66 bits per heavy atom. The van der Waals surface area contributed by atoms with E-state index in [0.29, 0.717) is 17.5 Å². The minimum atomic E-state index is 0.588. The number of rotatable bonds is 4. The molecular weight excluding hydrogens is 687 g/mol. The van der Waals surface area contributed by atoms with Crippen LogP contribution in [-0.4, -0.2) is 15.0 Å². The average molecular weight is 716 g/mol. The van der Waals surface area contributed by atoms with Crippen molar-refractivity contribution in [3.8, 4) is 45.3 Å². The summed E-state index contributed by atoms with van der Waals surface area (Å²) in [4.78, 5) is 15.5. The maximum Gasteiger partial charge on any atom is 0.164 e. The van der Waals surface area contributed by atoms with Crippen LogP contribution < -0.4 is 0 Å². The van der Waals surface area contributed by atoms with Gasteiger partial charge in [0.25, 0.3) is 0 Å². The van der Waals surface area contributed by atoms with Crippen LogP contribution >= 0.6 is 0 Å². The third kappa shape index (κ3) is 4.71. The first-order valence-corrected chi connectivity index (χ1v) is 18.8. The van der Waals surface area contributed by atoms with Crippen molar-refractivity contribution in [2.45, 2.75) is 0 Å². The molecule has 56 heavy (non-hydrogen) atoms. The molecule has 0 aliphatic rings. The summed E-state index contributed by atoms with van der Waals surface area (Å²) in [5, 5.41) is 11.1. The zero-order valence-electron chi connectivity index (χ0n) is 29.9. The highest BCUT2D eigenvalue weighted by Crippen LogP contribution is 2.42. The Kier molecular flexibility index (Phi) is 6.56. The van der Waals surface area contributed by atoms with Gasteiger partial charge >= 0.3 is 0 Å². The number of hydrogen-bond donors (Lipinski definition) is 0. The molecule has 9 aromatic carbocycles. The molecule has 12 rings (SSSR count). The minimum absolute atomic E-state index is 0.588. The second-order valence-corrected chi connectivity index (χ2v) is 14.3. The number of nitrogens with zero attached hydrogens (tertiary/aromatic N) is 3. The van der Waals surface area contributed by atoms with Gasteiger partial charge in [-0.05, 0) is 85.9 Å². The lowest BCUT2D eigenvalue weighted by Gasteiger charge is -2.12. The third-order valence-electron chi connectivity index (χ3n) is 11.1. The van der Waals surface area contributed by atoms with Gasteiger partial charge in [-0.1, -0.05) is 133 Å². The topological polar surface area (TPSA) is 65.0 Å². The van der Waals surface area contributed by atoms with Crippen molar-refractivity contribution in [2.75, 3.05) is 0 Å². The van der Waals surface area contributed by atoms with E-state index in [4.69, 9.17) is 23.8 Å². The van der Waals surface area contributed by atoms with E-state index in [0.717, 1.165) is 93.2 Å². The van der Waals surface area contributed by atoms with Crippen molar-refractivity contribution in [1.82, 2.24) is 15.0 Å². The molecule has 260 valence electrons. The van der Waals surface area contributed by atoms with Crippen LogP contribution in [-0.2, 0) is 0 Å². The highest BCUT2D eigenvalue weighted by atomic mass is 16.3. The first kappa shape index (κ1) is 30.8. The van der Waals surface area contributed by atoms with Gasteiger partial charge in [-0.25, -0.2) is 15.0 Å². The number of fused-ring (bicyclic) bond motifs is 10. The van der Waals surface area contributed by atoms with Crippen LogP contribution in [0.3, 0.4) is 0 Å². The van der Waals surface area contributed by atoms with Crippen molar-refractivity contribution in [3.05, 3.63) is 176 Å². The van der Waals surface area contributed by atoms with E-state index < -0.39 is 0 Å². The van der Waals surface area contributed by atoms with Gasteiger partial charge in [-0.3, -0.25) is 0 Å². The van der Waals surface area contributed by atoms with Gasteiger partial charge < -0.3 is 8.83 Å². The van der Waals surface area contributed by atoms with Gasteiger partial charge in [0.2, 0.25) is 0 Å². The van der Waals surface area contributed by atoms with E-state index in [1.807, 2.05) is 48.5 Å². The molecule has 3 heterocycles. The van der Waals surface area contributed by atoms with Crippen LogP contribution in [0.25, 0.3) is 121 Å². The lowest BCUT2D eigenvalue weighted by Crippen LogP contribution is -2.01. The van der Waals surface area contributed by atoms with Gasteiger partial charge in [0.1, 0.15) is 22.3 Å². The summed E-state index contributed by atoms with van der Waals surface area (Å²) in [5.74, 6) is 1.82. The second-order valence-electron chi connectivity index (χ2n) is 14.3. The number of hydrogen-bond acceptors (Lipinski definition) is 5. The van der Waals surface area contributed by atoms with Crippen molar-refractivity contribution < 1.29 is 8.83 Å². The molecule has 0 bridgehead atoms. The van der Waals surface area contributed by atoms with E-state index in [2.05, 4.69) is 127 Å². The minimum Gasteiger partial charge on any atom is -0.456 e. The molecule has 0 atom stereocenters. The molecule has 5 nitrogen and oxygen atoms in total. The monoisotopic (exact) mass is 715 g/mol. The molecule has 0 aliphatic carbocycles. The maximum absolute atomic E-state index is 6.66. The Labute approximate surface area is 320 Å². The Balaban J connectivity index is 1.06. The summed E-state index contributed by atoms with van der Waals surface area (Å²) in [6, 6.07) is 60.9. The van der Waals surface area contributed by atoms with Crippen LogP contribution in [0.4, 0.5) is 0 Å². The smallest absolute Gasteiger partial charge is 0.164 e. The molecule has 3 aromatic heterocycles. The normalized spacial score (nSPS) is 11.9. The molecule has 12 aromatic rings. The van der Waals surface area contributed by atoms with Crippen LogP contribution in [0.1, 0.15) is 0 Å². The molecule has 0 N–H and O–H groups in total. The Morgan fingerprint density at radius 1 is 0.286 bits per heavy atom. The largest absolute Gasteiger partial charge is 0.456 e. The predicted octanol–water partition coefficient (Wildman–Crippen LogP) is 13.8. The summed E-state index contributed by atoms with van der Waals surface area (Å²) in [5.41, 5.74) is 8.21. The van der Waals surface area contributed by atoms with Crippen LogP contribution in [0.5, 0.6) is 0 Å². The molecule has 0 aliphatic heterocycles. The van der Waals surface area contributed by atoms with Crippen LogP contribution in [0.2, 0.25) is 0 Å². The fourth-order valence-electron chi connectivity index (χ4n) is 8.50. The molecular formula is C51H29N3O2. The summed E-state index contributed by atoms with van der Waals surface area (Å²) in [6.07, 6.45) is 0. The summed E-state index contributed by atoms with van der Waals surface area (Å²) >= 11 is 0. The van der Waals surface area contributed by atoms with Gasteiger partial charge in [0.05, 0.1) is 0 Å². The van der Waals surface area contributed by atoms with Gasteiger partial charge in [0.15, 0.2) is 17.5 Å². The summed E-state index contributed by atoms with van der Waals surface area (Å²) < 4.78 is 13.1. The first-order chi connectivity index (χ1) is 27.7. The van der Waals surface area contributed by atoms with Gasteiger partial charge in [0, 0.05) is 38.2 Å². The van der Waals surface area contributed by atoms with Crippen LogP contribution in [0.15, 0.2) is 185 Å². The molecule has 5 heteroatoms. The fourth-order valence-corrected chi connectivity index (χ4v) is 8.50. The second kappa shape index (κ2) is 11.9. The van der Waals surface area contributed by atoms with Crippen molar-refractivity contribution in [2.24, 2.45) is 0 Å². The number of benzene rings is 9. The average Bonchev–Trinajstić information content (AvgIpc) is 3.83. The third-order valence-corrected chi connectivity index (χ3v) is 11.1. The Bertz CT molecular complexity index is 3550. The van der Waals surface area contributed by atoms with Crippen molar-refractivity contribution >= 4 is 76.2 Å². The Morgan fingerprint density at radius 2 is 0.875 bits per heavy atom. The standard InChI is InChI=1S/C51H29N3O2/c1-2-12-30(13-3-1)49-52-50(54-51(53-49)41-27-33-16-6-7-17-35(33)37-18-8-9-19-38(37)41)40-21-11-23-44-48(40)39-25-24-34(29-45(39)55-44)36-20-10-22-43-47(36)42-26-31-14-4-5-15-32(31)28-46(42)56-43/h1-29H. The van der Waals surface area contributed by atoms with Crippen molar-refractivity contribution in [3.63, 3.8) is 0 Å². The number of aromatic nitrogens is 3. The molecule has 0 fully saturated rings. The van der Waals surface area contributed by atoms with Gasteiger partial charge in [-0.2, -0.15) is 0 Å². The van der Waals surface area contributed by atoms with E-state index in [1.54, 1.807) is 0 Å². The van der Waals surface area contributed by atoms with E-state index in [-0.39, 0.29) is 0 Å². The zero-order chi connectivity index (χ0) is 36.7. The van der Waals surface area contributed by atoms with E-state index in [9.17, 15) is 0 Å². The first-order valence-electron chi connectivity index (χ1n) is 18.8. The lowest BCUT2D eigenvalue weighted by molar-refractivity contribution is 0.668. The summed E-state index contributed by atoms with van der Waals surface area (Å²) in [6.45, 7) is 0. The number of furan rings is 2. The lowest BCUT2D eigenvalue weighted by atomic mass is 9.96. The molecule has 0 amide bonds. The highest BCUT2D eigenvalue weighted by molar-refractivity contribution is 6.18. The van der Waals surface area contributed by atoms with Crippen molar-refractivity contribution in [1.29, 1.82) is 0 Å².